The van der Waals surface area contributed by atoms with Gasteiger partial charge in [0.25, 0.3) is 0 Å². The maximum atomic E-state index is 13.0. The van der Waals surface area contributed by atoms with Gasteiger partial charge in [0.15, 0.2) is 6.10 Å². The Balaban J connectivity index is 4.33. The van der Waals surface area contributed by atoms with Crippen molar-refractivity contribution < 1.29 is 28.6 Å². The fraction of sp³-hybridized carbons (Fsp3) is 0.776. The van der Waals surface area contributed by atoms with E-state index in [0.29, 0.717) is 19.3 Å². The van der Waals surface area contributed by atoms with E-state index in [1.165, 1.54) is 225 Å². The molecule has 0 aromatic carbocycles. The largest absolute Gasteiger partial charge is 0.462 e. The fourth-order valence-electron chi connectivity index (χ4n) is 10.3. The zero-order valence-corrected chi connectivity index (χ0v) is 54.5. The number of hydrogen-bond acceptors (Lipinski definition) is 6. The van der Waals surface area contributed by atoms with E-state index in [0.717, 1.165) is 96.3 Å². The topological polar surface area (TPSA) is 78.9 Å². The van der Waals surface area contributed by atoms with E-state index in [-0.39, 0.29) is 31.1 Å². The molecule has 0 aliphatic carbocycles. The summed E-state index contributed by atoms with van der Waals surface area (Å²) >= 11 is 0. The summed E-state index contributed by atoms with van der Waals surface area (Å²) in [6.45, 7) is 6.53. The molecule has 0 aliphatic heterocycles. The summed E-state index contributed by atoms with van der Waals surface area (Å²) in [5, 5.41) is 0. The molecular formula is C76H134O6. The van der Waals surface area contributed by atoms with Gasteiger partial charge >= 0.3 is 17.9 Å². The second kappa shape index (κ2) is 70.1. The molecule has 0 amide bonds. The van der Waals surface area contributed by atoms with Crippen molar-refractivity contribution in [3.63, 3.8) is 0 Å². The Morgan fingerprint density at radius 3 is 0.768 bits per heavy atom. The highest BCUT2D eigenvalue weighted by Gasteiger charge is 2.19. The van der Waals surface area contributed by atoms with Crippen LogP contribution >= 0.6 is 0 Å². The molecule has 474 valence electrons. The SMILES string of the molecule is CC/C=C\C/C=C\C/C=C\C/C=C\CCCCC(=O)OCC(COC(=O)CCCCCCCCCCCC/C=C\C/C=C\C/C=C\CCCCCCC)OC(=O)CCCCCCCCCCCCCCCCCCCCCCCCCC. The molecule has 6 heteroatoms. The minimum Gasteiger partial charge on any atom is -0.462 e. The predicted octanol–water partition coefficient (Wildman–Crippen LogP) is 24.6. The molecule has 1 atom stereocenters. The summed E-state index contributed by atoms with van der Waals surface area (Å²) in [5.41, 5.74) is 0. The van der Waals surface area contributed by atoms with Gasteiger partial charge in [-0.3, -0.25) is 14.4 Å². The van der Waals surface area contributed by atoms with Crippen LogP contribution in [-0.2, 0) is 28.6 Å². The minimum absolute atomic E-state index is 0.0891. The van der Waals surface area contributed by atoms with Crippen LogP contribution in [0.5, 0.6) is 0 Å². The Bertz CT molecular complexity index is 1550. The van der Waals surface area contributed by atoms with Crippen LogP contribution in [0.4, 0.5) is 0 Å². The minimum atomic E-state index is -0.796. The smallest absolute Gasteiger partial charge is 0.306 e. The standard InChI is InChI=1S/C76H134O6/c1-4-7-10-13-16-19-22-25-28-30-32-34-36-38-40-41-43-45-48-51-54-57-60-63-66-69-75(78)81-72-73(71-80-74(77)68-65-62-59-56-53-50-47-27-24-21-18-15-12-9-6-3)82-76(79)70-67-64-61-58-55-52-49-46-44-42-39-37-35-33-31-29-26-23-20-17-14-11-8-5-2/h9,12,18,21-22,25,27,30,32,36,38,47,53,56,73H,4-8,10-11,13-17,19-20,23-24,26,28-29,31,33-35,37,39-46,48-52,54-55,57-72H2,1-3H3/b12-9-,21-18-,25-22-,32-30-,38-36-,47-27-,56-53-. The van der Waals surface area contributed by atoms with Crippen molar-refractivity contribution in [1.82, 2.24) is 0 Å². The van der Waals surface area contributed by atoms with E-state index in [4.69, 9.17) is 14.2 Å². The summed E-state index contributed by atoms with van der Waals surface area (Å²) in [7, 11) is 0. The van der Waals surface area contributed by atoms with Crippen LogP contribution in [-0.4, -0.2) is 37.2 Å². The number of carbonyl (C=O) groups excluding carboxylic acids is 3. The van der Waals surface area contributed by atoms with E-state index in [1.54, 1.807) is 0 Å². The zero-order valence-electron chi connectivity index (χ0n) is 54.5. The molecule has 0 saturated heterocycles. The number of carbonyl (C=O) groups is 3. The Morgan fingerprint density at radius 1 is 0.256 bits per heavy atom. The van der Waals surface area contributed by atoms with Gasteiger partial charge in [-0.05, 0) is 96.3 Å². The van der Waals surface area contributed by atoms with Crippen LogP contribution in [0.3, 0.4) is 0 Å². The Labute approximate surface area is 509 Å². The molecule has 0 heterocycles. The molecule has 0 fully saturated rings. The summed E-state index contributed by atoms with van der Waals surface area (Å²) in [5.74, 6) is -0.916. The fourth-order valence-corrected chi connectivity index (χ4v) is 10.3. The number of esters is 3. The van der Waals surface area contributed by atoms with Crippen LogP contribution in [0, 0.1) is 0 Å². The number of allylic oxidation sites excluding steroid dienone is 14. The van der Waals surface area contributed by atoms with Crippen LogP contribution in [0.15, 0.2) is 85.1 Å². The normalized spacial score (nSPS) is 12.6. The van der Waals surface area contributed by atoms with E-state index in [1.807, 2.05) is 0 Å². The van der Waals surface area contributed by atoms with Crippen molar-refractivity contribution >= 4 is 17.9 Å². The number of ether oxygens (including phenoxy) is 3. The number of hydrogen-bond donors (Lipinski definition) is 0. The zero-order chi connectivity index (χ0) is 59.2. The molecule has 0 spiro atoms. The molecule has 0 N–H and O–H groups in total. The van der Waals surface area contributed by atoms with E-state index >= 15 is 0 Å². The monoisotopic (exact) mass is 1140 g/mol. The third-order valence-corrected chi connectivity index (χ3v) is 15.6. The van der Waals surface area contributed by atoms with Gasteiger partial charge in [-0.25, -0.2) is 0 Å². The molecule has 6 nitrogen and oxygen atoms in total. The molecule has 0 saturated carbocycles. The third kappa shape index (κ3) is 67.4. The van der Waals surface area contributed by atoms with Gasteiger partial charge in [-0.15, -0.1) is 0 Å². The highest BCUT2D eigenvalue weighted by Crippen LogP contribution is 2.18. The Morgan fingerprint density at radius 2 is 0.476 bits per heavy atom. The summed E-state index contributed by atoms with van der Waals surface area (Å²) in [6.07, 6.45) is 93.3. The Hall–Kier alpha value is -3.41. The van der Waals surface area contributed by atoms with Crippen molar-refractivity contribution in [2.75, 3.05) is 13.2 Å². The molecule has 0 aliphatic rings. The van der Waals surface area contributed by atoms with Gasteiger partial charge in [-0.1, -0.05) is 331 Å². The van der Waals surface area contributed by atoms with Crippen LogP contribution in [0.2, 0.25) is 0 Å². The van der Waals surface area contributed by atoms with Gasteiger partial charge in [-0.2, -0.15) is 0 Å². The van der Waals surface area contributed by atoms with Gasteiger partial charge in [0.05, 0.1) is 0 Å². The maximum absolute atomic E-state index is 13.0. The lowest BCUT2D eigenvalue weighted by Gasteiger charge is -2.18. The number of unbranched alkanes of at least 4 members (excludes halogenated alkanes) is 40. The Kier molecular flexibility index (Phi) is 67.2. The van der Waals surface area contributed by atoms with Crippen LogP contribution < -0.4 is 0 Å². The summed E-state index contributed by atoms with van der Waals surface area (Å²) in [6, 6.07) is 0. The average molecular weight is 1140 g/mol. The first-order chi connectivity index (χ1) is 40.5. The molecular weight excluding hydrogens is 1010 g/mol. The molecule has 0 rings (SSSR count). The highest BCUT2D eigenvalue weighted by atomic mass is 16.6. The number of rotatable bonds is 65. The summed E-state index contributed by atoms with van der Waals surface area (Å²) < 4.78 is 17.0. The summed E-state index contributed by atoms with van der Waals surface area (Å²) in [4.78, 5) is 38.4. The van der Waals surface area contributed by atoms with Gasteiger partial charge in [0.1, 0.15) is 13.2 Å². The lowest BCUT2D eigenvalue weighted by molar-refractivity contribution is -0.167. The molecule has 0 radical (unpaired) electrons. The predicted molar refractivity (Wildman–Crippen MR) is 358 cm³/mol. The molecule has 0 aromatic rings. The van der Waals surface area contributed by atoms with Crippen molar-refractivity contribution in [3.8, 4) is 0 Å². The first-order valence-corrected chi connectivity index (χ1v) is 35.6. The van der Waals surface area contributed by atoms with E-state index in [2.05, 4.69) is 106 Å². The van der Waals surface area contributed by atoms with Crippen LogP contribution in [0.25, 0.3) is 0 Å². The van der Waals surface area contributed by atoms with Gasteiger partial charge in [0.2, 0.25) is 0 Å². The lowest BCUT2D eigenvalue weighted by Crippen LogP contribution is -2.30. The molecule has 0 bridgehead atoms. The second-order valence-corrected chi connectivity index (χ2v) is 23.8. The van der Waals surface area contributed by atoms with E-state index < -0.39 is 6.10 Å². The first kappa shape index (κ1) is 78.6. The average Bonchev–Trinajstić information content (AvgIpc) is 3.48. The van der Waals surface area contributed by atoms with Gasteiger partial charge < -0.3 is 14.2 Å². The molecule has 82 heavy (non-hydrogen) atoms. The molecule has 1 unspecified atom stereocenters. The van der Waals surface area contributed by atoms with Crippen molar-refractivity contribution in [1.29, 1.82) is 0 Å². The lowest BCUT2D eigenvalue weighted by atomic mass is 10.0. The second-order valence-electron chi connectivity index (χ2n) is 23.8. The van der Waals surface area contributed by atoms with E-state index in [9.17, 15) is 14.4 Å². The maximum Gasteiger partial charge on any atom is 0.306 e. The van der Waals surface area contributed by atoms with Crippen LogP contribution in [0.1, 0.15) is 361 Å². The van der Waals surface area contributed by atoms with Crippen molar-refractivity contribution in [3.05, 3.63) is 85.1 Å². The first-order valence-electron chi connectivity index (χ1n) is 35.6. The third-order valence-electron chi connectivity index (χ3n) is 15.6. The van der Waals surface area contributed by atoms with Gasteiger partial charge in [0, 0.05) is 19.3 Å². The highest BCUT2D eigenvalue weighted by molar-refractivity contribution is 5.71. The quantitative estimate of drug-likeness (QED) is 0.0261. The van der Waals surface area contributed by atoms with Crippen molar-refractivity contribution in [2.45, 2.75) is 367 Å². The molecule has 0 aromatic heterocycles. The van der Waals surface area contributed by atoms with Crippen molar-refractivity contribution in [2.24, 2.45) is 0 Å².